The van der Waals surface area contributed by atoms with Crippen LogP contribution in [0.2, 0.25) is 0 Å². The zero-order valence-corrected chi connectivity index (χ0v) is 16.1. The van der Waals surface area contributed by atoms with Crippen molar-refractivity contribution in [3.8, 4) is 0 Å². The third kappa shape index (κ3) is 4.31. The molecule has 2 aliphatic heterocycles. The van der Waals surface area contributed by atoms with Crippen LogP contribution in [0.4, 0.5) is 0 Å². The Labute approximate surface area is 151 Å². The smallest absolute Gasteiger partial charge is 0.236 e. The van der Waals surface area contributed by atoms with E-state index in [2.05, 4.69) is 46.4 Å². The molecule has 1 amide bonds. The molecule has 1 N–H and O–H groups in total. The normalized spacial score (nSPS) is 24.9. The SMILES string of the molecule is C[C@@H]1CSc2ccc(Br)cc2[C@H]1NCC(=O)N1CCCCCC1. The van der Waals surface area contributed by atoms with E-state index in [1.807, 2.05) is 16.7 Å². The third-order valence-corrected chi connectivity index (χ3v) is 6.68. The van der Waals surface area contributed by atoms with E-state index < -0.39 is 0 Å². The third-order valence-electron chi connectivity index (χ3n) is 4.81. The van der Waals surface area contributed by atoms with E-state index in [0.29, 0.717) is 12.5 Å². The molecule has 0 spiro atoms. The number of hydrogen-bond donors (Lipinski definition) is 1. The van der Waals surface area contributed by atoms with Gasteiger partial charge in [0.05, 0.1) is 6.54 Å². The van der Waals surface area contributed by atoms with Crippen molar-refractivity contribution in [2.45, 2.75) is 43.5 Å². The van der Waals surface area contributed by atoms with Crippen molar-refractivity contribution < 1.29 is 4.79 Å². The van der Waals surface area contributed by atoms with Gasteiger partial charge in [0.1, 0.15) is 0 Å². The number of fused-ring (bicyclic) bond motifs is 1. The fraction of sp³-hybridized carbons (Fsp3) is 0.611. The van der Waals surface area contributed by atoms with Crippen LogP contribution in [-0.4, -0.2) is 36.2 Å². The zero-order valence-electron chi connectivity index (χ0n) is 13.7. The first-order valence-corrected chi connectivity index (χ1v) is 10.4. The van der Waals surface area contributed by atoms with E-state index >= 15 is 0 Å². The molecule has 0 saturated carbocycles. The molecular formula is C18H25BrN2OS. The van der Waals surface area contributed by atoms with Gasteiger partial charge in [0.25, 0.3) is 0 Å². The monoisotopic (exact) mass is 396 g/mol. The maximum atomic E-state index is 12.5. The predicted molar refractivity (Wildman–Crippen MR) is 99.8 cm³/mol. The van der Waals surface area contributed by atoms with Crippen LogP contribution in [0.15, 0.2) is 27.6 Å². The molecule has 1 saturated heterocycles. The number of rotatable bonds is 3. The Bertz CT molecular complexity index is 558. The van der Waals surface area contributed by atoms with Gasteiger partial charge in [-0.25, -0.2) is 0 Å². The van der Waals surface area contributed by atoms with E-state index in [1.165, 1.54) is 23.3 Å². The predicted octanol–water partition coefficient (Wildman–Crippen LogP) is 4.22. The maximum Gasteiger partial charge on any atom is 0.236 e. The summed E-state index contributed by atoms with van der Waals surface area (Å²) in [4.78, 5) is 15.9. The number of thioether (sulfide) groups is 1. The number of carbonyl (C=O) groups is 1. The number of nitrogens with zero attached hydrogens (tertiary/aromatic N) is 1. The maximum absolute atomic E-state index is 12.5. The molecule has 1 aromatic carbocycles. The van der Waals surface area contributed by atoms with Gasteiger partial charge < -0.3 is 10.2 Å². The lowest BCUT2D eigenvalue weighted by Gasteiger charge is -2.32. The Balaban J connectivity index is 1.65. The molecule has 2 atom stereocenters. The van der Waals surface area contributed by atoms with Gasteiger partial charge in [-0.15, -0.1) is 11.8 Å². The highest BCUT2D eigenvalue weighted by atomic mass is 79.9. The molecule has 0 radical (unpaired) electrons. The van der Waals surface area contributed by atoms with Gasteiger partial charge in [-0.3, -0.25) is 4.79 Å². The second kappa shape index (κ2) is 8.04. The fourth-order valence-electron chi connectivity index (χ4n) is 3.46. The minimum absolute atomic E-state index is 0.258. The van der Waals surface area contributed by atoms with E-state index in [9.17, 15) is 4.79 Å². The number of nitrogens with one attached hydrogen (secondary N) is 1. The summed E-state index contributed by atoms with van der Waals surface area (Å²) in [5.41, 5.74) is 1.33. The van der Waals surface area contributed by atoms with Crippen molar-refractivity contribution in [3.05, 3.63) is 28.2 Å². The highest BCUT2D eigenvalue weighted by Gasteiger charge is 2.28. The van der Waals surface area contributed by atoms with Crippen molar-refractivity contribution in [1.82, 2.24) is 10.2 Å². The summed E-state index contributed by atoms with van der Waals surface area (Å²) in [5, 5.41) is 3.55. The second-order valence-corrected chi connectivity index (χ2v) is 8.60. The molecular weight excluding hydrogens is 372 g/mol. The van der Waals surface area contributed by atoms with Crippen molar-refractivity contribution in [3.63, 3.8) is 0 Å². The first-order chi connectivity index (χ1) is 11.1. The summed E-state index contributed by atoms with van der Waals surface area (Å²) in [5.74, 6) is 1.89. The second-order valence-electron chi connectivity index (χ2n) is 6.62. The molecule has 23 heavy (non-hydrogen) atoms. The Morgan fingerprint density at radius 1 is 1.30 bits per heavy atom. The van der Waals surface area contributed by atoms with Crippen LogP contribution >= 0.6 is 27.7 Å². The minimum Gasteiger partial charge on any atom is -0.342 e. The molecule has 3 nitrogen and oxygen atoms in total. The Morgan fingerprint density at radius 2 is 2.04 bits per heavy atom. The average Bonchev–Trinajstić information content (AvgIpc) is 2.83. The van der Waals surface area contributed by atoms with Crippen LogP contribution in [0, 0.1) is 5.92 Å². The summed E-state index contributed by atoms with van der Waals surface area (Å²) in [7, 11) is 0. The standard InChI is InChI=1S/C18H25BrN2OS/c1-13-12-23-16-7-6-14(19)10-15(16)18(13)20-11-17(22)21-8-4-2-3-5-9-21/h6-7,10,13,18,20H,2-5,8-9,11-12H2,1H3/t13-,18+/m1/s1. The molecule has 2 aliphatic rings. The first-order valence-electron chi connectivity index (χ1n) is 8.58. The molecule has 0 aliphatic carbocycles. The Morgan fingerprint density at radius 3 is 2.78 bits per heavy atom. The van der Waals surface area contributed by atoms with Crippen molar-refractivity contribution in [1.29, 1.82) is 0 Å². The lowest BCUT2D eigenvalue weighted by atomic mass is 9.95. The van der Waals surface area contributed by atoms with Gasteiger partial charge in [0.15, 0.2) is 0 Å². The molecule has 3 rings (SSSR count). The Hall–Kier alpha value is -0.520. The number of amides is 1. The molecule has 126 valence electrons. The van der Waals surface area contributed by atoms with E-state index in [-0.39, 0.29) is 11.9 Å². The van der Waals surface area contributed by atoms with E-state index in [1.54, 1.807) is 0 Å². The lowest BCUT2D eigenvalue weighted by molar-refractivity contribution is -0.130. The minimum atomic E-state index is 0.258. The first kappa shape index (κ1) is 17.3. The summed E-state index contributed by atoms with van der Waals surface area (Å²) >= 11 is 5.50. The Kier molecular flexibility index (Phi) is 6.05. The fourth-order valence-corrected chi connectivity index (χ4v) is 4.99. The van der Waals surface area contributed by atoms with E-state index in [0.717, 1.165) is 36.2 Å². The summed E-state index contributed by atoms with van der Waals surface area (Å²) < 4.78 is 1.11. The average molecular weight is 397 g/mol. The van der Waals surface area contributed by atoms with Crippen LogP contribution in [0.3, 0.4) is 0 Å². The van der Waals surface area contributed by atoms with Gasteiger partial charge >= 0.3 is 0 Å². The lowest BCUT2D eigenvalue weighted by Crippen LogP contribution is -2.41. The van der Waals surface area contributed by atoms with Gasteiger partial charge in [-0.1, -0.05) is 35.7 Å². The van der Waals surface area contributed by atoms with Gasteiger partial charge in [-0.2, -0.15) is 0 Å². The van der Waals surface area contributed by atoms with Gasteiger partial charge in [0, 0.05) is 34.3 Å². The van der Waals surface area contributed by atoms with Crippen LogP contribution in [0.25, 0.3) is 0 Å². The molecule has 1 fully saturated rings. The number of likely N-dealkylation sites (tertiary alicyclic amines) is 1. The molecule has 0 aromatic heterocycles. The van der Waals surface area contributed by atoms with Crippen LogP contribution in [0.5, 0.6) is 0 Å². The van der Waals surface area contributed by atoms with Crippen LogP contribution in [-0.2, 0) is 4.79 Å². The van der Waals surface area contributed by atoms with Crippen molar-refractivity contribution in [2.75, 3.05) is 25.4 Å². The van der Waals surface area contributed by atoms with Crippen molar-refractivity contribution in [2.24, 2.45) is 5.92 Å². The van der Waals surface area contributed by atoms with E-state index in [4.69, 9.17) is 0 Å². The molecule has 5 heteroatoms. The summed E-state index contributed by atoms with van der Waals surface area (Å²) in [6.45, 7) is 4.58. The number of halogens is 1. The zero-order chi connectivity index (χ0) is 16.2. The quantitative estimate of drug-likeness (QED) is 0.829. The highest BCUT2D eigenvalue weighted by Crippen LogP contribution is 2.40. The van der Waals surface area contributed by atoms with Crippen molar-refractivity contribution >= 4 is 33.6 Å². The molecule has 1 aromatic rings. The van der Waals surface area contributed by atoms with Crippen LogP contribution < -0.4 is 5.32 Å². The molecule has 0 bridgehead atoms. The van der Waals surface area contributed by atoms with Gasteiger partial charge in [-0.05, 0) is 42.5 Å². The topological polar surface area (TPSA) is 32.3 Å². The highest BCUT2D eigenvalue weighted by molar-refractivity contribution is 9.10. The summed E-state index contributed by atoms with van der Waals surface area (Å²) in [6, 6.07) is 6.74. The molecule has 2 heterocycles. The number of carbonyl (C=O) groups excluding carboxylic acids is 1. The van der Waals surface area contributed by atoms with Gasteiger partial charge in [0.2, 0.25) is 5.91 Å². The number of hydrogen-bond acceptors (Lipinski definition) is 3. The summed E-state index contributed by atoms with van der Waals surface area (Å²) in [6.07, 6.45) is 4.82. The largest absolute Gasteiger partial charge is 0.342 e. The number of benzene rings is 1. The van der Waals surface area contributed by atoms with Crippen LogP contribution in [0.1, 0.15) is 44.2 Å². The molecule has 0 unspecified atom stereocenters.